The molecule has 0 spiro atoms. The van der Waals surface area contributed by atoms with Gasteiger partial charge >= 0.3 is 0 Å². The van der Waals surface area contributed by atoms with Crippen molar-refractivity contribution < 1.29 is 4.79 Å². The molecule has 4 rings (SSSR count). The second kappa shape index (κ2) is 7.10. The molecule has 0 bridgehead atoms. The highest BCUT2D eigenvalue weighted by Crippen LogP contribution is 2.26. The highest BCUT2D eigenvalue weighted by Gasteiger charge is 2.25. The molecule has 1 fully saturated rings. The van der Waals surface area contributed by atoms with Crippen molar-refractivity contribution in [2.45, 2.75) is 27.3 Å². The smallest absolute Gasteiger partial charge is 0.256 e. The van der Waals surface area contributed by atoms with Crippen molar-refractivity contribution in [3.05, 3.63) is 65.4 Å². The van der Waals surface area contributed by atoms with Gasteiger partial charge in [-0.2, -0.15) is 0 Å². The van der Waals surface area contributed by atoms with Crippen LogP contribution in [0.2, 0.25) is 0 Å². The van der Waals surface area contributed by atoms with Crippen LogP contribution in [0.1, 0.15) is 28.4 Å². The summed E-state index contributed by atoms with van der Waals surface area (Å²) in [5.41, 5.74) is 5.91. The predicted octanol–water partition coefficient (Wildman–Crippen LogP) is 4.24. The first-order valence-corrected chi connectivity index (χ1v) is 9.78. The first-order valence-electron chi connectivity index (χ1n) is 9.78. The Balaban J connectivity index is 1.53. The van der Waals surface area contributed by atoms with Gasteiger partial charge in [-0.3, -0.25) is 4.79 Å². The van der Waals surface area contributed by atoms with Gasteiger partial charge in [-0.25, -0.2) is 0 Å². The third kappa shape index (κ3) is 3.09. The molecule has 3 aromatic rings. The highest BCUT2D eigenvalue weighted by atomic mass is 16.2. The Morgan fingerprint density at radius 2 is 1.70 bits per heavy atom. The second-order valence-corrected chi connectivity index (χ2v) is 7.34. The van der Waals surface area contributed by atoms with Crippen molar-refractivity contribution >= 4 is 22.5 Å². The van der Waals surface area contributed by atoms with E-state index < -0.39 is 0 Å². The average molecular weight is 361 g/mol. The van der Waals surface area contributed by atoms with E-state index in [4.69, 9.17) is 0 Å². The minimum atomic E-state index is 0.152. The van der Waals surface area contributed by atoms with Gasteiger partial charge in [-0.1, -0.05) is 30.3 Å². The molecule has 2 aromatic carbocycles. The summed E-state index contributed by atoms with van der Waals surface area (Å²) in [5.74, 6) is 0.152. The lowest BCUT2D eigenvalue weighted by Gasteiger charge is -2.37. The van der Waals surface area contributed by atoms with Crippen LogP contribution in [0.15, 0.2) is 48.7 Å². The van der Waals surface area contributed by atoms with Crippen molar-refractivity contribution in [3.63, 3.8) is 0 Å². The summed E-state index contributed by atoms with van der Waals surface area (Å²) in [7, 11) is 0. The molecule has 0 radical (unpaired) electrons. The number of aryl methyl sites for hydroxylation is 2. The number of amides is 1. The maximum absolute atomic E-state index is 13.2. The number of hydrogen-bond acceptors (Lipinski definition) is 2. The lowest BCUT2D eigenvalue weighted by Crippen LogP contribution is -2.49. The molecule has 27 heavy (non-hydrogen) atoms. The Bertz CT molecular complexity index is 980. The molecule has 0 N–H and O–H groups in total. The van der Waals surface area contributed by atoms with E-state index in [0.717, 1.165) is 49.2 Å². The molecule has 1 saturated heterocycles. The zero-order chi connectivity index (χ0) is 19.0. The van der Waals surface area contributed by atoms with Crippen LogP contribution < -0.4 is 4.90 Å². The van der Waals surface area contributed by atoms with Crippen LogP contribution in [-0.2, 0) is 6.54 Å². The monoisotopic (exact) mass is 361 g/mol. The van der Waals surface area contributed by atoms with E-state index >= 15 is 0 Å². The number of para-hydroxylation sites is 1. The van der Waals surface area contributed by atoms with E-state index in [1.165, 1.54) is 16.8 Å². The van der Waals surface area contributed by atoms with E-state index in [0.29, 0.717) is 0 Å². The van der Waals surface area contributed by atoms with E-state index in [2.05, 4.69) is 60.6 Å². The SMILES string of the molecule is CCn1cc(C(=O)N2CCN(c3cccc(C)c3C)CC2)c2ccccc21. The third-order valence-corrected chi connectivity index (χ3v) is 5.84. The van der Waals surface area contributed by atoms with Crippen molar-refractivity contribution in [3.8, 4) is 0 Å². The van der Waals surface area contributed by atoms with Crippen molar-refractivity contribution in [2.75, 3.05) is 31.1 Å². The standard InChI is InChI=1S/C23H27N3O/c1-4-24-16-20(19-9-5-6-10-22(19)24)23(27)26-14-12-25(13-15-26)21-11-7-8-17(2)18(21)3/h5-11,16H,4,12-15H2,1-3H3. The van der Waals surface area contributed by atoms with Crippen LogP contribution in [-0.4, -0.2) is 41.6 Å². The maximum atomic E-state index is 13.2. The largest absolute Gasteiger partial charge is 0.368 e. The van der Waals surface area contributed by atoms with Crippen molar-refractivity contribution in [2.24, 2.45) is 0 Å². The first kappa shape index (κ1) is 17.7. The molecule has 140 valence electrons. The molecule has 1 aliphatic rings. The Morgan fingerprint density at radius 1 is 0.963 bits per heavy atom. The van der Waals surface area contributed by atoms with Gasteiger partial charge in [0.05, 0.1) is 5.56 Å². The van der Waals surface area contributed by atoms with Crippen LogP contribution in [0, 0.1) is 13.8 Å². The average Bonchev–Trinajstić information content (AvgIpc) is 3.08. The summed E-state index contributed by atoms with van der Waals surface area (Å²) in [5, 5.41) is 1.06. The van der Waals surface area contributed by atoms with Gasteiger partial charge < -0.3 is 14.4 Å². The molecular weight excluding hydrogens is 334 g/mol. The number of carbonyl (C=O) groups is 1. The molecule has 1 aromatic heterocycles. The molecule has 0 unspecified atom stereocenters. The summed E-state index contributed by atoms with van der Waals surface area (Å²) in [6, 6.07) is 14.7. The quantitative estimate of drug-likeness (QED) is 0.698. The fourth-order valence-electron chi connectivity index (χ4n) is 4.08. The highest BCUT2D eigenvalue weighted by molar-refractivity contribution is 6.07. The van der Waals surface area contributed by atoms with Gasteiger partial charge in [0.25, 0.3) is 5.91 Å². The topological polar surface area (TPSA) is 28.5 Å². The third-order valence-electron chi connectivity index (χ3n) is 5.84. The van der Waals surface area contributed by atoms with Gasteiger partial charge in [0.1, 0.15) is 0 Å². The second-order valence-electron chi connectivity index (χ2n) is 7.34. The molecule has 0 aliphatic carbocycles. The molecule has 1 amide bonds. The number of fused-ring (bicyclic) bond motifs is 1. The Kier molecular flexibility index (Phi) is 4.65. The van der Waals surface area contributed by atoms with Crippen molar-refractivity contribution in [1.82, 2.24) is 9.47 Å². The number of rotatable bonds is 3. The van der Waals surface area contributed by atoms with Crippen LogP contribution in [0.5, 0.6) is 0 Å². The number of anilines is 1. The molecule has 4 heteroatoms. The number of hydrogen-bond donors (Lipinski definition) is 0. The number of carbonyl (C=O) groups excluding carboxylic acids is 1. The minimum absolute atomic E-state index is 0.152. The molecule has 0 saturated carbocycles. The van der Waals surface area contributed by atoms with Crippen LogP contribution in [0.4, 0.5) is 5.69 Å². The maximum Gasteiger partial charge on any atom is 0.256 e. The lowest BCUT2D eigenvalue weighted by atomic mass is 10.1. The molecular formula is C23H27N3O. The molecule has 4 nitrogen and oxygen atoms in total. The number of aromatic nitrogens is 1. The fourth-order valence-corrected chi connectivity index (χ4v) is 4.08. The van der Waals surface area contributed by atoms with E-state index in [9.17, 15) is 4.79 Å². The van der Waals surface area contributed by atoms with Gasteiger partial charge in [0.15, 0.2) is 0 Å². The van der Waals surface area contributed by atoms with Gasteiger partial charge in [0.2, 0.25) is 0 Å². The zero-order valence-electron chi connectivity index (χ0n) is 16.4. The number of benzene rings is 2. The predicted molar refractivity (Wildman–Crippen MR) is 112 cm³/mol. The summed E-state index contributed by atoms with van der Waals surface area (Å²) >= 11 is 0. The molecule has 0 atom stereocenters. The first-order chi connectivity index (χ1) is 13.1. The van der Waals surface area contributed by atoms with Crippen molar-refractivity contribution in [1.29, 1.82) is 0 Å². The Labute approximate surface area is 161 Å². The van der Waals surface area contributed by atoms with Gasteiger partial charge in [-0.15, -0.1) is 0 Å². The number of nitrogens with zero attached hydrogens (tertiary/aromatic N) is 3. The summed E-state index contributed by atoms with van der Waals surface area (Å²) in [6.45, 7) is 10.6. The fraction of sp³-hybridized carbons (Fsp3) is 0.348. The Hall–Kier alpha value is -2.75. The zero-order valence-corrected chi connectivity index (χ0v) is 16.4. The minimum Gasteiger partial charge on any atom is -0.368 e. The van der Waals surface area contributed by atoms with Gasteiger partial charge in [-0.05, 0) is 44.0 Å². The van der Waals surface area contributed by atoms with Crippen LogP contribution in [0.3, 0.4) is 0 Å². The molecule has 1 aliphatic heterocycles. The molecule has 2 heterocycles. The van der Waals surface area contributed by atoms with E-state index in [-0.39, 0.29) is 5.91 Å². The van der Waals surface area contributed by atoms with Gasteiger partial charge in [0, 0.05) is 55.5 Å². The van der Waals surface area contributed by atoms with Crippen LogP contribution >= 0.6 is 0 Å². The van der Waals surface area contributed by atoms with E-state index in [1.54, 1.807) is 0 Å². The summed E-state index contributed by atoms with van der Waals surface area (Å²) in [6.07, 6.45) is 2.02. The summed E-state index contributed by atoms with van der Waals surface area (Å²) < 4.78 is 2.16. The Morgan fingerprint density at radius 3 is 2.44 bits per heavy atom. The summed E-state index contributed by atoms with van der Waals surface area (Å²) in [4.78, 5) is 17.6. The lowest BCUT2D eigenvalue weighted by molar-refractivity contribution is 0.0748. The number of piperazine rings is 1. The van der Waals surface area contributed by atoms with Crippen LogP contribution in [0.25, 0.3) is 10.9 Å². The normalized spacial score (nSPS) is 14.8. The van der Waals surface area contributed by atoms with E-state index in [1.807, 2.05) is 23.2 Å².